The summed E-state index contributed by atoms with van der Waals surface area (Å²) in [5.74, 6) is 1.78. The zero-order chi connectivity index (χ0) is 19.3. The summed E-state index contributed by atoms with van der Waals surface area (Å²) in [6, 6.07) is 8.85. The molecule has 2 aromatic heterocycles. The average molecular weight is 381 g/mol. The Hall–Kier alpha value is -3.62. The first-order valence-electron chi connectivity index (χ1n) is 8.77. The Balaban J connectivity index is 1.32. The molecule has 144 valence electrons. The second-order valence-corrected chi connectivity index (χ2v) is 6.25. The molecular weight excluding hydrogens is 362 g/mol. The highest BCUT2D eigenvalue weighted by Crippen LogP contribution is 2.32. The summed E-state index contributed by atoms with van der Waals surface area (Å²) in [6.07, 6.45) is 4.56. The lowest BCUT2D eigenvalue weighted by Gasteiger charge is -2.12. The van der Waals surface area contributed by atoms with Crippen molar-refractivity contribution >= 4 is 5.91 Å². The van der Waals surface area contributed by atoms with Crippen molar-refractivity contribution in [3.05, 3.63) is 60.3 Å². The van der Waals surface area contributed by atoms with Crippen molar-refractivity contribution in [3.8, 4) is 17.4 Å². The topological polar surface area (TPSA) is 100 Å². The number of carbonyl (C=O) groups is 1. The Bertz CT molecular complexity index is 961. The highest BCUT2D eigenvalue weighted by Gasteiger charge is 2.15. The van der Waals surface area contributed by atoms with Crippen molar-refractivity contribution in [2.24, 2.45) is 0 Å². The first-order valence-corrected chi connectivity index (χ1v) is 8.77. The van der Waals surface area contributed by atoms with Crippen LogP contribution in [-0.4, -0.2) is 32.4 Å². The molecule has 1 aromatic carbocycles. The number of pyridine rings is 1. The van der Waals surface area contributed by atoms with E-state index in [1.54, 1.807) is 19.2 Å². The SMILES string of the molecule is C[C@H](C(=O)NCc1ccnc(OCc2ccc3c(c2)OCO3)c1)n1cncn1. The molecule has 1 atom stereocenters. The summed E-state index contributed by atoms with van der Waals surface area (Å²) < 4.78 is 17.9. The number of ether oxygens (including phenoxy) is 3. The molecule has 1 aliphatic rings. The van der Waals surface area contributed by atoms with Gasteiger partial charge in [-0.1, -0.05) is 6.07 Å². The summed E-state index contributed by atoms with van der Waals surface area (Å²) in [7, 11) is 0. The minimum atomic E-state index is -0.439. The first kappa shape index (κ1) is 17.8. The minimum Gasteiger partial charge on any atom is -0.473 e. The van der Waals surface area contributed by atoms with Crippen molar-refractivity contribution in [1.29, 1.82) is 0 Å². The first-order chi connectivity index (χ1) is 13.7. The van der Waals surface area contributed by atoms with Gasteiger partial charge in [0.25, 0.3) is 0 Å². The van der Waals surface area contributed by atoms with Crippen LogP contribution in [0.4, 0.5) is 0 Å². The second-order valence-electron chi connectivity index (χ2n) is 6.25. The van der Waals surface area contributed by atoms with Crippen LogP contribution in [0.5, 0.6) is 17.4 Å². The molecule has 0 radical (unpaired) electrons. The largest absolute Gasteiger partial charge is 0.473 e. The molecule has 1 amide bonds. The Morgan fingerprint density at radius 3 is 3.00 bits per heavy atom. The van der Waals surface area contributed by atoms with Gasteiger partial charge in [-0.3, -0.25) is 4.79 Å². The van der Waals surface area contributed by atoms with Gasteiger partial charge in [-0.15, -0.1) is 0 Å². The van der Waals surface area contributed by atoms with E-state index >= 15 is 0 Å². The lowest BCUT2D eigenvalue weighted by Crippen LogP contribution is -2.30. The van der Waals surface area contributed by atoms with Crippen LogP contribution in [0.2, 0.25) is 0 Å². The molecule has 3 aromatic rings. The average Bonchev–Trinajstić information content (AvgIpc) is 3.41. The number of nitrogens with zero attached hydrogens (tertiary/aromatic N) is 4. The fraction of sp³-hybridized carbons (Fsp3) is 0.263. The number of fused-ring (bicyclic) bond motifs is 1. The molecule has 1 N–H and O–H groups in total. The fourth-order valence-electron chi connectivity index (χ4n) is 2.70. The normalized spacial score (nSPS) is 13.2. The molecule has 0 spiro atoms. The smallest absolute Gasteiger partial charge is 0.244 e. The van der Waals surface area contributed by atoms with Gasteiger partial charge in [-0.05, 0) is 36.2 Å². The van der Waals surface area contributed by atoms with E-state index in [1.165, 1.54) is 17.3 Å². The second kappa shape index (κ2) is 7.95. The summed E-state index contributed by atoms with van der Waals surface area (Å²) in [6.45, 7) is 2.71. The number of hydrogen-bond acceptors (Lipinski definition) is 7. The lowest BCUT2D eigenvalue weighted by atomic mass is 10.2. The predicted molar refractivity (Wildman–Crippen MR) is 97.7 cm³/mol. The van der Waals surface area contributed by atoms with E-state index in [2.05, 4.69) is 20.4 Å². The van der Waals surface area contributed by atoms with Gasteiger partial charge in [0.1, 0.15) is 25.3 Å². The highest BCUT2D eigenvalue weighted by atomic mass is 16.7. The summed E-state index contributed by atoms with van der Waals surface area (Å²) in [5, 5.41) is 6.85. The Morgan fingerprint density at radius 2 is 2.14 bits per heavy atom. The molecule has 1 aliphatic heterocycles. The van der Waals surface area contributed by atoms with E-state index in [-0.39, 0.29) is 12.7 Å². The van der Waals surface area contributed by atoms with Gasteiger partial charge in [0.15, 0.2) is 11.5 Å². The molecule has 0 unspecified atom stereocenters. The maximum Gasteiger partial charge on any atom is 0.244 e. The molecular formula is C19H19N5O4. The molecule has 0 bridgehead atoms. The van der Waals surface area contributed by atoms with Crippen LogP contribution >= 0.6 is 0 Å². The number of benzene rings is 1. The number of hydrogen-bond donors (Lipinski definition) is 1. The predicted octanol–water partition coefficient (Wildman–Crippen LogP) is 1.86. The van der Waals surface area contributed by atoms with E-state index in [1.807, 2.05) is 24.3 Å². The Morgan fingerprint density at radius 1 is 1.25 bits per heavy atom. The maximum absolute atomic E-state index is 12.2. The number of nitrogens with one attached hydrogen (secondary N) is 1. The molecule has 3 heterocycles. The molecule has 28 heavy (non-hydrogen) atoms. The van der Waals surface area contributed by atoms with Gasteiger partial charge in [0.2, 0.25) is 18.6 Å². The number of rotatable bonds is 7. The molecule has 0 fully saturated rings. The minimum absolute atomic E-state index is 0.148. The Labute approximate surface area is 161 Å². The zero-order valence-corrected chi connectivity index (χ0v) is 15.2. The highest BCUT2D eigenvalue weighted by molar-refractivity contribution is 5.79. The molecule has 4 rings (SSSR count). The van der Waals surface area contributed by atoms with Gasteiger partial charge in [0.05, 0.1) is 0 Å². The van der Waals surface area contributed by atoms with Crippen molar-refractivity contribution in [3.63, 3.8) is 0 Å². The van der Waals surface area contributed by atoms with Gasteiger partial charge in [-0.2, -0.15) is 5.10 Å². The molecule has 0 aliphatic carbocycles. The third-order valence-electron chi connectivity index (χ3n) is 4.30. The quantitative estimate of drug-likeness (QED) is 0.667. The summed E-state index contributed by atoms with van der Waals surface area (Å²) in [4.78, 5) is 20.3. The van der Waals surface area contributed by atoms with Gasteiger partial charge < -0.3 is 19.5 Å². The van der Waals surface area contributed by atoms with Gasteiger partial charge in [0, 0.05) is 18.8 Å². The van der Waals surface area contributed by atoms with E-state index in [0.29, 0.717) is 24.8 Å². The molecule has 0 saturated carbocycles. The third-order valence-corrected chi connectivity index (χ3v) is 4.30. The maximum atomic E-state index is 12.2. The lowest BCUT2D eigenvalue weighted by molar-refractivity contribution is -0.124. The number of aromatic nitrogens is 4. The van der Waals surface area contributed by atoms with Crippen LogP contribution in [0.25, 0.3) is 0 Å². The molecule has 0 saturated heterocycles. The number of amides is 1. The Kier molecular flexibility index (Phi) is 5.05. The van der Waals surface area contributed by atoms with Crippen LogP contribution in [0.15, 0.2) is 49.2 Å². The van der Waals surface area contributed by atoms with Crippen LogP contribution in [0.3, 0.4) is 0 Å². The third kappa shape index (κ3) is 4.03. The van der Waals surface area contributed by atoms with Crippen LogP contribution < -0.4 is 19.5 Å². The molecule has 9 nitrogen and oxygen atoms in total. The van der Waals surface area contributed by atoms with Crippen LogP contribution in [0, 0.1) is 0 Å². The van der Waals surface area contributed by atoms with E-state index in [0.717, 1.165) is 16.9 Å². The van der Waals surface area contributed by atoms with Crippen molar-refractivity contribution < 1.29 is 19.0 Å². The van der Waals surface area contributed by atoms with Crippen molar-refractivity contribution in [2.75, 3.05) is 6.79 Å². The van der Waals surface area contributed by atoms with E-state index in [9.17, 15) is 4.79 Å². The van der Waals surface area contributed by atoms with Crippen molar-refractivity contribution in [1.82, 2.24) is 25.1 Å². The summed E-state index contributed by atoms with van der Waals surface area (Å²) >= 11 is 0. The van der Waals surface area contributed by atoms with Crippen molar-refractivity contribution in [2.45, 2.75) is 26.1 Å². The van der Waals surface area contributed by atoms with Crippen LogP contribution in [0.1, 0.15) is 24.1 Å². The monoisotopic (exact) mass is 381 g/mol. The van der Waals surface area contributed by atoms with E-state index in [4.69, 9.17) is 14.2 Å². The van der Waals surface area contributed by atoms with Gasteiger partial charge in [-0.25, -0.2) is 14.6 Å². The number of carbonyl (C=O) groups excluding carboxylic acids is 1. The van der Waals surface area contributed by atoms with E-state index < -0.39 is 6.04 Å². The zero-order valence-electron chi connectivity index (χ0n) is 15.2. The standard InChI is InChI=1S/C19H19N5O4/c1-13(24-11-20-10-23-24)19(25)22-8-14-4-5-21-18(7-14)26-9-15-2-3-16-17(6-15)28-12-27-16/h2-7,10-11,13H,8-9,12H2,1H3,(H,22,25)/t13-/m1/s1. The van der Waals surface area contributed by atoms with Crippen LogP contribution in [-0.2, 0) is 17.9 Å². The summed E-state index contributed by atoms with van der Waals surface area (Å²) in [5.41, 5.74) is 1.83. The molecule has 9 heteroatoms. The van der Waals surface area contributed by atoms with Gasteiger partial charge >= 0.3 is 0 Å². The fourth-order valence-corrected chi connectivity index (χ4v) is 2.70.